The number of nitrogens with zero attached hydrogens (tertiary/aromatic N) is 1. The number of nitrogens with two attached hydrogens (primary N) is 2. The molecule has 0 aromatic rings. The van der Waals surface area contributed by atoms with Gasteiger partial charge in [-0.25, -0.2) is 0 Å². The van der Waals surface area contributed by atoms with E-state index in [0.29, 0.717) is 19.3 Å². The van der Waals surface area contributed by atoms with Gasteiger partial charge < -0.3 is 16.2 Å². The van der Waals surface area contributed by atoms with Crippen molar-refractivity contribution in [1.29, 1.82) is 0 Å². The van der Waals surface area contributed by atoms with Gasteiger partial charge in [-0.15, -0.1) is 0 Å². The molecule has 4 nitrogen and oxygen atoms in total. The summed E-state index contributed by atoms with van der Waals surface area (Å²) in [7, 11) is 2.09. The summed E-state index contributed by atoms with van der Waals surface area (Å²) >= 11 is 0. The second kappa shape index (κ2) is 11.8. The zero-order chi connectivity index (χ0) is 16.9. The fourth-order valence-corrected chi connectivity index (χ4v) is 2.54. The standard InChI is InChI=1S/C19H27N3O/c1-3-4-5-6-7-9-14-23-15-10-8-13-22(2)19-16-17(20)11-12-18(19)21/h8,10,17-19H,11-16,20-21H2,1-2H3/b10-8+. The molecule has 124 valence electrons. The molecule has 3 atom stereocenters. The molecule has 0 bridgehead atoms. The van der Waals surface area contributed by atoms with Gasteiger partial charge in [-0.2, -0.15) is 0 Å². The van der Waals surface area contributed by atoms with Crippen molar-refractivity contribution in [3.8, 4) is 35.5 Å². The van der Waals surface area contributed by atoms with E-state index in [4.69, 9.17) is 16.2 Å². The van der Waals surface area contributed by atoms with Crippen molar-refractivity contribution in [2.75, 3.05) is 26.8 Å². The minimum absolute atomic E-state index is 0.221. The zero-order valence-electron chi connectivity index (χ0n) is 14.1. The fourth-order valence-electron chi connectivity index (χ4n) is 2.54. The van der Waals surface area contributed by atoms with Gasteiger partial charge in [-0.05, 0) is 56.9 Å². The average molecular weight is 313 g/mol. The first kappa shape index (κ1) is 19.3. The lowest BCUT2D eigenvalue weighted by Crippen LogP contribution is -2.52. The average Bonchev–Trinajstić information content (AvgIpc) is 2.54. The summed E-state index contributed by atoms with van der Waals surface area (Å²) in [6.07, 6.45) is 7.11. The van der Waals surface area contributed by atoms with Crippen molar-refractivity contribution in [2.24, 2.45) is 11.5 Å². The molecule has 0 saturated heterocycles. The molecule has 1 saturated carbocycles. The summed E-state index contributed by atoms with van der Waals surface area (Å²) in [5, 5.41) is 0. The third-order valence-electron chi connectivity index (χ3n) is 3.82. The Kier molecular flexibility index (Phi) is 9.89. The Morgan fingerprint density at radius 2 is 1.91 bits per heavy atom. The van der Waals surface area contributed by atoms with Gasteiger partial charge >= 0.3 is 0 Å². The van der Waals surface area contributed by atoms with Crippen LogP contribution in [0.4, 0.5) is 0 Å². The Morgan fingerprint density at radius 3 is 2.70 bits per heavy atom. The van der Waals surface area contributed by atoms with Gasteiger partial charge in [0.25, 0.3) is 0 Å². The predicted octanol–water partition coefficient (Wildman–Crippen LogP) is 0.728. The lowest BCUT2D eigenvalue weighted by atomic mass is 9.87. The quantitative estimate of drug-likeness (QED) is 0.431. The number of hydrogen-bond acceptors (Lipinski definition) is 4. The van der Waals surface area contributed by atoms with E-state index in [9.17, 15) is 0 Å². The largest absolute Gasteiger partial charge is 0.365 e. The van der Waals surface area contributed by atoms with E-state index in [1.54, 1.807) is 6.92 Å². The smallest absolute Gasteiger partial charge is 0.109 e. The Bertz CT molecular complexity index is 550. The van der Waals surface area contributed by atoms with Gasteiger partial charge in [0.1, 0.15) is 6.61 Å². The third kappa shape index (κ3) is 8.46. The van der Waals surface area contributed by atoms with Crippen molar-refractivity contribution in [3.05, 3.63) is 12.2 Å². The molecule has 0 radical (unpaired) electrons. The van der Waals surface area contributed by atoms with Crippen molar-refractivity contribution >= 4 is 0 Å². The van der Waals surface area contributed by atoms with E-state index < -0.39 is 0 Å². The molecule has 1 fully saturated rings. The Balaban J connectivity index is 2.18. The van der Waals surface area contributed by atoms with Crippen LogP contribution in [0.15, 0.2) is 12.2 Å². The van der Waals surface area contributed by atoms with Crippen LogP contribution in [0.2, 0.25) is 0 Å². The second-order valence-corrected chi connectivity index (χ2v) is 5.66. The van der Waals surface area contributed by atoms with Gasteiger partial charge in [-0.3, -0.25) is 4.90 Å². The number of ether oxygens (including phenoxy) is 1. The normalized spacial score (nSPS) is 23.4. The molecule has 1 aliphatic carbocycles. The minimum atomic E-state index is 0.221. The Morgan fingerprint density at radius 1 is 1.13 bits per heavy atom. The first-order valence-corrected chi connectivity index (χ1v) is 7.99. The Hall–Kier alpha value is -1.74. The highest BCUT2D eigenvalue weighted by Gasteiger charge is 2.28. The summed E-state index contributed by atoms with van der Waals surface area (Å²) in [6, 6.07) is 0.859. The number of hydrogen-bond donors (Lipinski definition) is 2. The Labute approximate surface area is 140 Å². The SMILES string of the molecule is CC#CC#CC#CCOC/C=C/CN(C)C1CC(N)CCC1N. The van der Waals surface area contributed by atoms with Crippen molar-refractivity contribution in [1.82, 2.24) is 4.90 Å². The van der Waals surface area contributed by atoms with Gasteiger partial charge in [-0.1, -0.05) is 24.0 Å². The molecule has 0 heterocycles. The maximum absolute atomic E-state index is 6.19. The first-order chi connectivity index (χ1) is 11.1. The molecule has 4 heteroatoms. The van der Waals surface area contributed by atoms with Gasteiger partial charge in [0.05, 0.1) is 6.61 Å². The van der Waals surface area contributed by atoms with Crippen LogP contribution in [0, 0.1) is 35.5 Å². The maximum Gasteiger partial charge on any atom is 0.109 e. The van der Waals surface area contributed by atoms with E-state index in [2.05, 4.69) is 53.5 Å². The summed E-state index contributed by atoms with van der Waals surface area (Å²) in [6.45, 7) is 3.50. The van der Waals surface area contributed by atoms with E-state index in [1.807, 2.05) is 6.08 Å². The van der Waals surface area contributed by atoms with Crippen LogP contribution in [-0.2, 0) is 4.74 Å². The molecular formula is C19H27N3O. The minimum Gasteiger partial charge on any atom is -0.365 e. The lowest BCUT2D eigenvalue weighted by molar-refractivity contribution is 0.170. The van der Waals surface area contributed by atoms with E-state index >= 15 is 0 Å². The first-order valence-electron chi connectivity index (χ1n) is 7.99. The van der Waals surface area contributed by atoms with Crippen LogP contribution in [0.5, 0.6) is 0 Å². The van der Waals surface area contributed by atoms with E-state index in [-0.39, 0.29) is 12.1 Å². The van der Waals surface area contributed by atoms with Gasteiger partial charge in [0, 0.05) is 24.7 Å². The van der Waals surface area contributed by atoms with Crippen LogP contribution < -0.4 is 11.5 Å². The van der Waals surface area contributed by atoms with Crippen LogP contribution in [0.3, 0.4) is 0 Å². The predicted molar refractivity (Wildman–Crippen MR) is 95.2 cm³/mol. The van der Waals surface area contributed by atoms with Crippen LogP contribution >= 0.6 is 0 Å². The molecule has 1 rings (SSSR count). The van der Waals surface area contributed by atoms with Crippen molar-refractivity contribution in [2.45, 2.75) is 44.3 Å². The molecule has 4 N–H and O–H groups in total. The molecule has 0 aliphatic heterocycles. The van der Waals surface area contributed by atoms with Gasteiger partial charge in [0.15, 0.2) is 0 Å². The molecular weight excluding hydrogens is 286 g/mol. The van der Waals surface area contributed by atoms with Gasteiger partial charge in [0.2, 0.25) is 0 Å². The molecule has 23 heavy (non-hydrogen) atoms. The van der Waals surface area contributed by atoms with Crippen LogP contribution in [0.25, 0.3) is 0 Å². The monoisotopic (exact) mass is 313 g/mol. The van der Waals surface area contributed by atoms with Crippen molar-refractivity contribution in [3.63, 3.8) is 0 Å². The highest BCUT2D eigenvalue weighted by Crippen LogP contribution is 2.20. The fraction of sp³-hybridized carbons (Fsp3) is 0.579. The molecule has 0 amide bonds. The van der Waals surface area contributed by atoms with E-state index in [0.717, 1.165) is 25.8 Å². The molecule has 3 unspecified atom stereocenters. The highest BCUT2D eigenvalue weighted by molar-refractivity contribution is 5.35. The third-order valence-corrected chi connectivity index (χ3v) is 3.82. The molecule has 1 aliphatic rings. The summed E-state index contributed by atoms with van der Waals surface area (Å²) < 4.78 is 5.38. The molecule has 0 aromatic carbocycles. The topological polar surface area (TPSA) is 64.5 Å². The second-order valence-electron chi connectivity index (χ2n) is 5.66. The molecule has 0 spiro atoms. The van der Waals surface area contributed by atoms with Crippen LogP contribution in [0.1, 0.15) is 26.2 Å². The summed E-state index contributed by atoms with van der Waals surface area (Å²) in [4.78, 5) is 2.27. The molecule has 0 aromatic heterocycles. The van der Waals surface area contributed by atoms with E-state index in [1.165, 1.54) is 0 Å². The lowest BCUT2D eigenvalue weighted by Gasteiger charge is -2.38. The zero-order valence-corrected chi connectivity index (χ0v) is 14.1. The maximum atomic E-state index is 6.19. The summed E-state index contributed by atoms with van der Waals surface area (Å²) in [5.41, 5.74) is 12.2. The van der Waals surface area contributed by atoms with Crippen molar-refractivity contribution < 1.29 is 4.74 Å². The summed E-state index contributed by atoms with van der Waals surface area (Å²) in [5.74, 6) is 16.1. The number of likely N-dealkylation sites (N-methyl/N-ethyl adjacent to an activating group) is 1. The van der Waals surface area contributed by atoms with Crippen LogP contribution in [-0.4, -0.2) is 49.8 Å². The number of rotatable bonds is 6. The highest BCUT2D eigenvalue weighted by atomic mass is 16.5.